The lowest BCUT2D eigenvalue weighted by Gasteiger charge is -2.08. The summed E-state index contributed by atoms with van der Waals surface area (Å²) >= 11 is 1.47. The van der Waals surface area contributed by atoms with E-state index in [2.05, 4.69) is 15.2 Å². The van der Waals surface area contributed by atoms with Crippen LogP contribution in [-0.4, -0.2) is 39.6 Å². The van der Waals surface area contributed by atoms with Crippen molar-refractivity contribution in [3.8, 4) is 0 Å². The average molecular weight is 230 g/mol. The molecular formula is C8H14N4O2S. The molecule has 0 aromatic carbocycles. The van der Waals surface area contributed by atoms with Crippen molar-refractivity contribution in [2.24, 2.45) is 5.73 Å². The number of aromatic amines is 1. The first kappa shape index (κ1) is 12.0. The number of ether oxygens (including phenoxy) is 1. The Morgan fingerprint density at radius 3 is 3.20 bits per heavy atom. The molecule has 0 bridgehead atoms. The van der Waals surface area contributed by atoms with Crippen molar-refractivity contribution in [1.29, 1.82) is 0 Å². The van der Waals surface area contributed by atoms with Gasteiger partial charge in [-0.15, -0.1) is 0 Å². The van der Waals surface area contributed by atoms with Gasteiger partial charge in [-0.2, -0.15) is 5.10 Å². The molecule has 0 saturated carbocycles. The molecule has 0 saturated heterocycles. The number of esters is 1. The van der Waals surface area contributed by atoms with Gasteiger partial charge < -0.3 is 10.5 Å². The van der Waals surface area contributed by atoms with Gasteiger partial charge in [0, 0.05) is 5.75 Å². The second kappa shape index (κ2) is 6.41. The zero-order valence-electron chi connectivity index (χ0n) is 8.47. The minimum Gasteiger partial charge on any atom is -0.465 e. The summed E-state index contributed by atoms with van der Waals surface area (Å²) in [6.45, 7) is 2.12. The average Bonchev–Trinajstić information content (AvgIpc) is 2.71. The summed E-state index contributed by atoms with van der Waals surface area (Å²) in [7, 11) is 0. The maximum absolute atomic E-state index is 11.1. The fourth-order valence-corrected chi connectivity index (χ4v) is 1.72. The molecule has 3 N–H and O–H groups in total. The number of hydrogen-bond acceptors (Lipinski definition) is 6. The molecule has 7 heteroatoms. The van der Waals surface area contributed by atoms with E-state index in [1.807, 2.05) is 0 Å². The zero-order valence-corrected chi connectivity index (χ0v) is 9.29. The molecule has 0 aliphatic heterocycles. The monoisotopic (exact) mass is 230 g/mol. The SMILES string of the molecule is CCOC(=O)C(N)CCSc1ncn[nH]1. The van der Waals surface area contributed by atoms with Crippen LogP contribution in [0.4, 0.5) is 0 Å². The predicted octanol–water partition coefficient (Wildman–Crippen LogP) is 0.177. The molecule has 1 unspecified atom stereocenters. The Kier molecular flexibility index (Phi) is 5.13. The Morgan fingerprint density at radius 2 is 2.60 bits per heavy atom. The van der Waals surface area contributed by atoms with Crippen LogP contribution in [0.3, 0.4) is 0 Å². The van der Waals surface area contributed by atoms with E-state index in [0.717, 1.165) is 5.16 Å². The molecule has 1 atom stereocenters. The van der Waals surface area contributed by atoms with Crippen LogP contribution in [0.15, 0.2) is 11.5 Å². The quantitative estimate of drug-likeness (QED) is 0.534. The van der Waals surface area contributed by atoms with E-state index in [-0.39, 0.29) is 5.97 Å². The first-order chi connectivity index (χ1) is 7.24. The molecule has 15 heavy (non-hydrogen) atoms. The van der Waals surface area contributed by atoms with Crippen LogP contribution in [0.1, 0.15) is 13.3 Å². The van der Waals surface area contributed by atoms with E-state index in [1.54, 1.807) is 6.92 Å². The standard InChI is InChI=1S/C8H14N4O2S/c1-2-14-7(13)6(9)3-4-15-8-10-5-11-12-8/h5-6H,2-4,9H2,1H3,(H,10,11,12). The summed E-state index contributed by atoms with van der Waals surface area (Å²) in [5.41, 5.74) is 5.61. The van der Waals surface area contributed by atoms with Gasteiger partial charge in [0.05, 0.1) is 6.61 Å². The first-order valence-electron chi connectivity index (χ1n) is 4.64. The van der Waals surface area contributed by atoms with Crippen molar-refractivity contribution >= 4 is 17.7 Å². The first-order valence-corrected chi connectivity index (χ1v) is 5.63. The highest BCUT2D eigenvalue weighted by Gasteiger charge is 2.14. The van der Waals surface area contributed by atoms with E-state index >= 15 is 0 Å². The maximum atomic E-state index is 11.1. The number of nitrogens with zero attached hydrogens (tertiary/aromatic N) is 2. The lowest BCUT2D eigenvalue weighted by atomic mass is 10.2. The third-order valence-corrected chi connectivity index (χ3v) is 2.56. The van der Waals surface area contributed by atoms with Crippen molar-refractivity contribution in [2.45, 2.75) is 24.5 Å². The highest BCUT2D eigenvalue weighted by Crippen LogP contribution is 2.12. The number of thioether (sulfide) groups is 1. The van der Waals surface area contributed by atoms with Crippen molar-refractivity contribution in [1.82, 2.24) is 15.2 Å². The Labute approximate surface area is 92.0 Å². The third-order valence-electron chi connectivity index (χ3n) is 1.65. The smallest absolute Gasteiger partial charge is 0.322 e. The number of carbonyl (C=O) groups is 1. The number of aromatic nitrogens is 3. The van der Waals surface area contributed by atoms with Gasteiger partial charge >= 0.3 is 5.97 Å². The number of nitrogens with two attached hydrogens (primary N) is 1. The van der Waals surface area contributed by atoms with Crippen LogP contribution in [0.25, 0.3) is 0 Å². The summed E-state index contributed by atoms with van der Waals surface area (Å²) in [4.78, 5) is 15.1. The molecule has 0 amide bonds. The Balaban J connectivity index is 2.17. The van der Waals surface area contributed by atoms with Gasteiger partial charge in [0.15, 0.2) is 5.16 Å². The van der Waals surface area contributed by atoms with Crippen molar-refractivity contribution in [3.63, 3.8) is 0 Å². The molecule has 0 aliphatic carbocycles. The number of carbonyl (C=O) groups excluding carboxylic acids is 1. The van der Waals surface area contributed by atoms with Gasteiger partial charge in [-0.3, -0.25) is 9.89 Å². The lowest BCUT2D eigenvalue weighted by molar-refractivity contribution is -0.144. The largest absolute Gasteiger partial charge is 0.465 e. The molecule has 0 spiro atoms. The van der Waals surface area contributed by atoms with Crippen LogP contribution in [0, 0.1) is 0 Å². The van der Waals surface area contributed by atoms with Gasteiger partial charge in [-0.25, -0.2) is 4.98 Å². The molecule has 1 rings (SSSR count). The number of H-pyrrole nitrogens is 1. The molecule has 84 valence electrons. The molecule has 1 heterocycles. The fourth-order valence-electron chi connectivity index (χ4n) is 0.914. The van der Waals surface area contributed by atoms with Crippen molar-refractivity contribution < 1.29 is 9.53 Å². The van der Waals surface area contributed by atoms with Crippen LogP contribution >= 0.6 is 11.8 Å². The molecule has 1 aromatic rings. The van der Waals surface area contributed by atoms with Gasteiger partial charge in [0.1, 0.15) is 12.4 Å². The number of rotatable bonds is 6. The topological polar surface area (TPSA) is 93.9 Å². The summed E-state index contributed by atoms with van der Waals surface area (Å²) in [5, 5.41) is 7.14. The van der Waals surface area contributed by atoms with E-state index < -0.39 is 6.04 Å². The highest BCUT2D eigenvalue weighted by atomic mass is 32.2. The Morgan fingerprint density at radius 1 is 1.80 bits per heavy atom. The minimum atomic E-state index is -0.555. The van der Waals surface area contributed by atoms with Gasteiger partial charge in [-0.05, 0) is 13.3 Å². The zero-order chi connectivity index (χ0) is 11.1. The molecule has 6 nitrogen and oxygen atoms in total. The molecular weight excluding hydrogens is 216 g/mol. The molecule has 1 aromatic heterocycles. The van der Waals surface area contributed by atoms with Gasteiger partial charge in [0.25, 0.3) is 0 Å². The Hall–Kier alpha value is -1.08. The maximum Gasteiger partial charge on any atom is 0.322 e. The van der Waals surface area contributed by atoms with Gasteiger partial charge in [0.2, 0.25) is 0 Å². The highest BCUT2D eigenvalue weighted by molar-refractivity contribution is 7.99. The van der Waals surface area contributed by atoms with Crippen LogP contribution in [-0.2, 0) is 9.53 Å². The third kappa shape index (κ3) is 4.30. The van der Waals surface area contributed by atoms with Crippen LogP contribution in [0.5, 0.6) is 0 Å². The van der Waals surface area contributed by atoms with Crippen molar-refractivity contribution in [3.05, 3.63) is 6.33 Å². The van der Waals surface area contributed by atoms with E-state index in [0.29, 0.717) is 18.8 Å². The molecule has 0 aliphatic rings. The predicted molar refractivity (Wildman–Crippen MR) is 56.3 cm³/mol. The van der Waals surface area contributed by atoms with E-state index in [9.17, 15) is 4.79 Å². The number of nitrogens with one attached hydrogen (secondary N) is 1. The summed E-state index contributed by atoms with van der Waals surface area (Å²) < 4.78 is 4.78. The lowest BCUT2D eigenvalue weighted by Crippen LogP contribution is -2.32. The van der Waals surface area contributed by atoms with Crippen molar-refractivity contribution in [2.75, 3.05) is 12.4 Å². The molecule has 0 radical (unpaired) electrons. The van der Waals surface area contributed by atoms with E-state index in [4.69, 9.17) is 10.5 Å². The summed E-state index contributed by atoms with van der Waals surface area (Å²) in [5.74, 6) is 0.352. The number of hydrogen-bond donors (Lipinski definition) is 2. The fraction of sp³-hybridized carbons (Fsp3) is 0.625. The second-order valence-corrected chi connectivity index (χ2v) is 3.87. The summed E-state index contributed by atoms with van der Waals surface area (Å²) in [6, 6.07) is -0.555. The van der Waals surface area contributed by atoms with Crippen LogP contribution < -0.4 is 5.73 Å². The second-order valence-electron chi connectivity index (χ2n) is 2.79. The van der Waals surface area contributed by atoms with Crippen LogP contribution in [0.2, 0.25) is 0 Å². The minimum absolute atomic E-state index is 0.351. The van der Waals surface area contributed by atoms with Gasteiger partial charge in [-0.1, -0.05) is 11.8 Å². The normalized spacial score (nSPS) is 12.4. The summed E-state index contributed by atoms with van der Waals surface area (Å²) in [6.07, 6.45) is 2.00. The Bertz CT molecular complexity index is 291. The van der Waals surface area contributed by atoms with E-state index in [1.165, 1.54) is 18.1 Å². The molecule has 0 fully saturated rings.